The van der Waals surface area contributed by atoms with Crippen molar-refractivity contribution in [3.05, 3.63) is 29.3 Å². The van der Waals surface area contributed by atoms with Gasteiger partial charge in [0.2, 0.25) is 5.91 Å². The summed E-state index contributed by atoms with van der Waals surface area (Å²) in [5, 5.41) is 5.68. The Labute approximate surface area is 167 Å². The maximum atomic E-state index is 13.0. The number of urea groups is 1. The fourth-order valence-corrected chi connectivity index (χ4v) is 4.53. The van der Waals surface area contributed by atoms with Crippen molar-refractivity contribution in [1.82, 2.24) is 10.2 Å². The SMILES string of the molecule is Cc1cc(C)cc(NC(=O)CN2C(=O)NC3(CCC(C(C)(C)C)CC3)C2=O)c1. The first-order chi connectivity index (χ1) is 13.0. The third-order valence-electron chi connectivity index (χ3n) is 6.12. The molecule has 0 bridgehead atoms. The highest BCUT2D eigenvalue weighted by Crippen LogP contribution is 2.43. The van der Waals surface area contributed by atoms with Gasteiger partial charge in [-0.1, -0.05) is 26.8 Å². The molecular formula is C22H31N3O3. The lowest BCUT2D eigenvalue weighted by Crippen LogP contribution is -2.50. The number of rotatable bonds is 3. The van der Waals surface area contributed by atoms with Gasteiger partial charge >= 0.3 is 6.03 Å². The zero-order chi connectivity index (χ0) is 20.7. The highest BCUT2D eigenvalue weighted by atomic mass is 16.2. The van der Waals surface area contributed by atoms with E-state index < -0.39 is 11.6 Å². The van der Waals surface area contributed by atoms with Crippen LogP contribution in [0.5, 0.6) is 0 Å². The second-order valence-corrected chi connectivity index (χ2v) is 9.47. The average Bonchev–Trinajstić information content (AvgIpc) is 2.77. The van der Waals surface area contributed by atoms with Gasteiger partial charge in [-0.05, 0) is 74.1 Å². The minimum Gasteiger partial charge on any atom is -0.325 e. The van der Waals surface area contributed by atoms with E-state index in [9.17, 15) is 14.4 Å². The molecular weight excluding hydrogens is 354 g/mol. The van der Waals surface area contributed by atoms with Gasteiger partial charge in [-0.3, -0.25) is 14.5 Å². The van der Waals surface area contributed by atoms with E-state index >= 15 is 0 Å². The monoisotopic (exact) mass is 385 g/mol. The van der Waals surface area contributed by atoms with E-state index in [2.05, 4.69) is 31.4 Å². The van der Waals surface area contributed by atoms with Crippen LogP contribution in [0.1, 0.15) is 57.6 Å². The summed E-state index contributed by atoms with van der Waals surface area (Å²) in [6.45, 7) is 10.3. The van der Waals surface area contributed by atoms with Crippen molar-refractivity contribution in [1.29, 1.82) is 0 Å². The number of aryl methyl sites for hydroxylation is 2. The van der Waals surface area contributed by atoms with Gasteiger partial charge in [0.05, 0.1) is 0 Å². The fraction of sp³-hybridized carbons (Fsp3) is 0.591. The van der Waals surface area contributed by atoms with Crippen molar-refractivity contribution in [3.8, 4) is 0 Å². The number of anilines is 1. The van der Waals surface area contributed by atoms with Crippen LogP contribution >= 0.6 is 0 Å². The van der Waals surface area contributed by atoms with Gasteiger partial charge < -0.3 is 10.6 Å². The molecule has 2 N–H and O–H groups in total. The molecule has 1 aromatic rings. The van der Waals surface area contributed by atoms with Gasteiger partial charge in [-0.2, -0.15) is 0 Å². The van der Waals surface area contributed by atoms with Crippen molar-refractivity contribution in [2.24, 2.45) is 11.3 Å². The number of benzene rings is 1. The number of hydrogen-bond acceptors (Lipinski definition) is 3. The number of hydrogen-bond donors (Lipinski definition) is 2. The molecule has 0 unspecified atom stereocenters. The van der Waals surface area contributed by atoms with E-state index in [0.29, 0.717) is 24.4 Å². The molecule has 1 aromatic carbocycles. The number of carbonyl (C=O) groups excluding carboxylic acids is 3. The molecule has 3 rings (SSSR count). The number of nitrogens with zero attached hydrogens (tertiary/aromatic N) is 1. The molecule has 1 aliphatic carbocycles. The lowest BCUT2D eigenvalue weighted by Gasteiger charge is -2.40. The Balaban J connectivity index is 1.65. The third-order valence-corrected chi connectivity index (χ3v) is 6.12. The smallest absolute Gasteiger partial charge is 0.325 e. The van der Waals surface area contributed by atoms with Crippen LogP contribution in [0.25, 0.3) is 0 Å². The van der Waals surface area contributed by atoms with Gasteiger partial charge in [0, 0.05) is 5.69 Å². The molecule has 2 aliphatic rings. The number of amides is 4. The van der Waals surface area contributed by atoms with E-state index in [1.807, 2.05) is 32.0 Å². The topological polar surface area (TPSA) is 78.5 Å². The molecule has 2 fully saturated rings. The molecule has 6 nitrogen and oxygen atoms in total. The van der Waals surface area contributed by atoms with E-state index in [1.54, 1.807) is 0 Å². The maximum absolute atomic E-state index is 13.0. The number of carbonyl (C=O) groups is 3. The minimum atomic E-state index is -0.834. The van der Waals surface area contributed by atoms with Crippen molar-refractivity contribution in [2.45, 2.75) is 65.8 Å². The number of imide groups is 1. The first-order valence-corrected chi connectivity index (χ1v) is 10.0. The zero-order valence-corrected chi connectivity index (χ0v) is 17.5. The second-order valence-electron chi connectivity index (χ2n) is 9.47. The molecule has 1 heterocycles. The fourth-order valence-electron chi connectivity index (χ4n) is 4.53. The molecule has 6 heteroatoms. The minimum absolute atomic E-state index is 0.193. The second kappa shape index (κ2) is 7.22. The van der Waals surface area contributed by atoms with Crippen LogP contribution in [0, 0.1) is 25.2 Å². The van der Waals surface area contributed by atoms with Crippen molar-refractivity contribution >= 4 is 23.5 Å². The molecule has 4 amide bonds. The zero-order valence-electron chi connectivity index (χ0n) is 17.5. The predicted molar refractivity (Wildman–Crippen MR) is 109 cm³/mol. The number of nitrogens with one attached hydrogen (secondary N) is 2. The Kier molecular flexibility index (Phi) is 5.26. The summed E-state index contributed by atoms with van der Waals surface area (Å²) >= 11 is 0. The first-order valence-electron chi connectivity index (χ1n) is 10.0. The molecule has 0 atom stereocenters. The van der Waals surface area contributed by atoms with Gasteiger partial charge in [-0.15, -0.1) is 0 Å². The molecule has 28 heavy (non-hydrogen) atoms. The molecule has 0 aromatic heterocycles. The van der Waals surface area contributed by atoms with E-state index in [1.165, 1.54) is 0 Å². The van der Waals surface area contributed by atoms with E-state index in [0.717, 1.165) is 28.9 Å². The van der Waals surface area contributed by atoms with Crippen LogP contribution in [0.4, 0.5) is 10.5 Å². The predicted octanol–water partition coefficient (Wildman–Crippen LogP) is 3.77. The quantitative estimate of drug-likeness (QED) is 0.778. The molecule has 0 radical (unpaired) electrons. The van der Waals surface area contributed by atoms with Gasteiger partial charge in [0.1, 0.15) is 12.1 Å². The first kappa shape index (κ1) is 20.4. The highest BCUT2D eigenvalue weighted by Gasteiger charge is 2.53. The summed E-state index contributed by atoms with van der Waals surface area (Å²) in [5.74, 6) is -0.0981. The molecule has 152 valence electrons. The molecule has 1 saturated heterocycles. The Bertz CT molecular complexity index is 781. The van der Waals surface area contributed by atoms with Gasteiger partial charge in [0.25, 0.3) is 5.91 Å². The average molecular weight is 386 g/mol. The summed E-state index contributed by atoms with van der Waals surface area (Å²) in [4.78, 5) is 39.0. The summed E-state index contributed by atoms with van der Waals surface area (Å²) in [7, 11) is 0. The van der Waals surface area contributed by atoms with Crippen LogP contribution < -0.4 is 10.6 Å². The van der Waals surface area contributed by atoms with Crippen LogP contribution in [0.15, 0.2) is 18.2 Å². The summed E-state index contributed by atoms with van der Waals surface area (Å²) in [6.07, 6.45) is 3.07. The molecule has 1 aliphatic heterocycles. The lowest BCUT2D eigenvalue weighted by molar-refractivity contribution is -0.135. The van der Waals surface area contributed by atoms with Gasteiger partial charge in [0.15, 0.2) is 0 Å². The summed E-state index contributed by atoms with van der Waals surface area (Å²) in [6, 6.07) is 5.29. The van der Waals surface area contributed by atoms with Crippen LogP contribution in [-0.2, 0) is 9.59 Å². The Morgan fingerprint density at radius 1 is 1.14 bits per heavy atom. The maximum Gasteiger partial charge on any atom is 0.325 e. The summed E-state index contributed by atoms with van der Waals surface area (Å²) < 4.78 is 0. The Hall–Kier alpha value is -2.37. The largest absolute Gasteiger partial charge is 0.325 e. The summed E-state index contributed by atoms with van der Waals surface area (Å²) in [5.41, 5.74) is 2.12. The van der Waals surface area contributed by atoms with E-state index in [4.69, 9.17) is 0 Å². The Morgan fingerprint density at radius 3 is 2.25 bits per heavy atom. The molecule has 1 saturated carbocycles. The molecule has 1 spiro atoms. The van der Waals surface area contributed by atoms with Crippen LogP contribution in [0.2, 0.25) is 0 Å². The van der Waals surface area contributed by atoms with Crippen molar-refractivity contribution in [2.75, 3.05) is 11.9 Å². The third kappa shape index (κ3) is 4.05. The Morgan fingerprint density at radius 2 is 1.71 bits per heavy atom. The van der Waals surface area contributed by atoms with E-state index in [-0.39, 0.29) is 23.8 Å². The van der Waals surface area contributed by atoms with Crippen molar-refractivity contribution in [3.63, 3.8) is 0 Å². The lowest BCUT2D eigenvalue weighted by atomic mass is 9.67. The van der Waals surface area contributed by atoms with Crippen LogP contribution in [-0.4, -0.2) is 34.8 Å². The normalized spacial score (nSPS) is 25.2. The van der Waals surface area contributed by atoms with Crippen molar-refractivity contribution < 1.29 is 14.4 Å². The standard InChI is InChI=1S/C22H31N3O3/c1-14-10-15(2)12-17(11-14)23-18(26)13-25-19(27)22(24-20(25)28)8-6-16(7-9-22)21(3,4)5/h10-12,16H,6-9,13H2,1-5H3,(H,23,26)(H,24,28). The van der Waals surface area contributed by atoms with Gasteiger partial charge in [-0.25, -0.2) is 4.79 Å². The highest BCUT2D eigenvalue weighted by molar-refractivity contribution is 6.10. The van der Waals surface area contributed by atoms with Crippen LogP contribution in [0.3, 0.4) is 0 Å².